The third kappa shape index (κ3) is 40.6. The molecular weight excluding hydrogens is 719 g/mol. The molecular formula is C47H89N2O6P. The number of phosphoric acid groups is 1. The molecule has 0 spiro atoms. The number of nitrogens with two attached hydrogens (primary N) is 1. The lowest BCUT2D eigenvalue weighted by Gasteiger charge is -2.23. The van der Waals surface area contributed by atoms with Crippen molar-refractivity contribution in [3.63, 3.8) is 0 Å². The summed E-state index contributed by atoms with van der Waals surface area (Å²) in [7, 11) is -4.35. The van der Waals surface area contributed by atoms with Crippen molar-refractivity contribution >= 4 is 13.7 Å². The smallest absolute Gasteiger partial charge is 0.387 e. The molecule has 0 bridgehead atoms. The Labute approximate surface area is 345 Å². The predicted octanol–water partition coefficient (Wildman–Crippen LogP) is 13.3. The molecule has 0 heterocycles. The lowest BCUT2D eigenvalue weighted by Crippen LogP contribution is -2.45. The van der Waals surface area contributed by atoms with Crippen LogP contribution in [0.1, 0.15) is 213 Å². The number of unbranched alkanes of at least 4 members (excludes halogenated alkanes) is 25. The molecule has 0 fully saturated rings. The fraction of sp³-hybridized carbons (Fsp3) is 0.809. The van der Waals surface area contributed by atoms with E-state index in [1.165, 1.54) is 148 Å². The number of phosphoric ester groups is 1. The Morgan fingerprint density at radius 1 is 0.589 bits per heavy atom. The van der Waals surface area contributed by atoms with E-state index < -0.39 is 20.0 Å². The molecule has 3 unspecified atom stereocenters. The van der Waals surface area contributed by atoms with E-state index in [0.717, 1.165) is 44.9 Å². The van der Waals surface area contributed by atoms with Crippen LogP contribution in [0.25, 0.3) is 0 Å². The molecule has 0 aliphatic carbocycles. The number of amides is 1. The molecule has 56 heavy (non-hydrogen) atoms. The van der Waals surface area contributed by atoms with Gasteiger partial charge in [-0.05, 0) is 64.2 Å². The molecule has 8 nitrogen and oxygen atoms in total. The highest BCUT2D eigenvalue weighted by molar-refractivity contribution is 7.47. The summed E-state index contributed by atoms with van der Waals surface area (Å²) in [6.07, 6.45) is 53.1. The van der Waals surface area contributed by atoms with Crippen molar-refractivity contribution in [2.24, 2.45) is 5.73 Å². The van der Waals surface area contributed by atoms with E-state index in [4.69, 9.17) is 14.8 Å². The van der Waals surface area contributed by atoms with E-state index in [9.17, 15) is 19.4 Å². The third-order valence-corrected chi connectivity index (χ3v) is 11.1. The standard InChI is InChI=1S/C47H89N2O6P/c1-3-5-7-9-11-13-15-17-19-20-21-22-23-24-25-26-27-29-31-33-35-37-39-41-47(51)49-45(44-55-56(52,53)54-43-42-48)46(50)40-38-36-34-32-30-28-18-16-14-12-10-8-6-4-2/h15,17,20-21,30,32,38,40,45-46,50H,3-14,16,18-19,22-29,31,33-37,39,41-44,48H2,1-2H3,(H,49,51)(H,52,53)/b17-15-,21-20-,32-30+,40-38+. The molecule has 0 saturated carbocycles. The van der Waals surface area contributed by atoms with Crippen LogP contribution in [0.5, 0.6) is 0 Å². The Hall–Kier alpha value is -1.54. The van der Waals surface area contributed by atoms with E-state index in [-0.39, 0.29) is 25.7 Å². The van der Waals surface area contributed by atoms with Crippen molar-refractivity contribution in [1.82, 2.24) is 5.32 Å². The van der Waals surface area contributed by atoms with Crippen molar-refractivity contribution in [2.45, 2.75) is 225 Å². The topological polar surface area (TPSA) is 131 Å². The molecule has 0 rings (SSSR count). The molecule has 9 heteroatoms. The Morgan fingerprint density at radius 3 is 1.48 bits per heavy atom. The first-order valence-electron chi connectivity index (χ1n) is 23.3. The van der Waals surface area contributed by atoms with Gasteiger partial charge in [-0.15, -0.1) is 0 Å². The van der Waals surface area contributed by atoms with Gasteiger partial charge in [-0.3, -0.25) is 13.8 Å². The molecule has 1 amide bonds. The number of hydrogen-bond acceptors (Lipinski definition) is 6. The second-order valence-electron chi connectivity index (χ2n) is 15.6. The Balaban J connectivity index is 4.15. The number of aliphatic hydroxyl groups is 1. The van der Waals surface area contributed by atoms with E-state index in [2.05, 4.69) is 55.6 Å². The van der Waals surface area contributed by atoms with Crippen molar-refractivity contribution in [3.8, 4) is 0 Å². The van der Waals surface area contributed by atoms with Crippen molar-refractivity contribution < 1.29 is 28.4 Å². The SMILES string of the molecule is CCCCCCC/C=C\C/C=C\CCCCCCCCCCCCCC(=O)NC(COP(=O)(O)OCCN)C(O)/C=C/CC/C=C/CCCCCCCCCC. The first-order valence-corrected chi connectivity index (χ1v) is 24.8. The second kappa shape index (κ2) is 43.0. The number of aliphatic hydroxyl groups excluding tert-OH is 1. The summed E-state index contributed by atoms with van der Waals surface area (Å²) in [5.74, 6) is -0.207. The summed E-state index contributed by atoms with van der Waals surface area (Å²) < 4.78 is 22.1. The third-order valence-electron chi connectivity index (χ3n) is 10.1. The first-order chi connectivity index (χ1) is 27.4. The summed E-state index contributed by atoms with van der Waals surface area (Å²) in [5, 5.41) is 13.7. The monoisotopic (exact) mass is 809 g/mol. The van der Waals surface area contributed by atoms with Gasteiger partial charge in [0.1, 0.15) is 0 Å². The normalized spacial score (nSPS) is 14.4. The van der Waals surface area contributed by atoms with Crippen LogP contribution in [0.15, 0.2) is 48.6 Å². The highest BCUT2D eigenvalue weighted by Gasteiger charge is 2.26. The number of hydrogen-bond donors (Lipinski definition) is 4. The average Bonchev–Trinajstić information content (AvgIpc) is 3.19. The summed E-state index contributed by atoms with van der Waals surface area (Å²) in [5.41, 5.74) is 5.37. The number of carbonyl (C=O) groups excluding carboxylic acids is 1. The predicted molar refractivity (Wildman–Crippen MR) is 240 cm³/mol. The van der Waals surface area contributed by atoms with Crippen LogP contribution in [0.4, 0.5) is 0 Å². The van der Waals surface area contributed by atoms with Gasteiger partial charge in [0.15, 0.2) is 0 Å². The zero-order valence-corrected chi connectivity index (χ0v) is 37.3. The van der Waals surface area contributed by atoms with Crippen LogP contribution in [0, 0.1) is 0 Å². The molecule has 328 valence electrons. The van der Waals surface area contributed by atoms with E-state index in [1.54, 1.807) is 6.08 Å². The largest absolute Gasteiger partial charge is 0.472 e. The minimum atomic E-state index is -4.35. The highest BCUT2D eigenvalue weighted by atomic mass is 31.2. The maximum atomic E-state index is 12.8. The van der Waals surface area contributed by atoms with Crippen LogP contribution in [0.2, 0.25) is 0 Å². The summed E-state index contributed by atoms with van der Waals surface area (Å²) >= 11 is 0. The first kappa shape index (κ1) is 54.5. The number of carbonyl (C=O) groups is 1. The molecule has 0 radical (unpaired) electrons. The van der Waals surface area contributed by atoms with Gasteiger partial charge < -0.3 is 21.1 Å². The molecule has 0 aliphatic rings. The fourth-order valence-corrected chi connectivity index (χ4v) is 7.35. The van der Waals surface area contributed by atoms with E-state index in [0.29, 0.717) is 6.42 Å². The van der Waals surface area contributed by atoms with Crippen molar-refractivity contribution in [2.75, 3.05) is 19.8 Å². The van der Waals surface area contributed by atoms with Crippen LogP contribution >= 0.6 is 7.82 Å². The van der Waals surface area contributed by atoms with Gasteiger partial charge in [0.05, 0.1) is 25.4 Å². The molecule has 0 saturated heterocycles. The molecule has 0 aromatic rings. The maximum Gasteiger partial charge on any atom is 0.472 e. The van der Waals surface area contributed by atoms with Crippen LogP contribution < -0.4 is 11.1 Å². The van der Waals surface area contributed by atoms with Gasteiger partial charge in [0.2, 0.25) is 5.91 Å². The second-order valence-corrected chi connectivity index (χ2v) is 17.1. The number of allylic oxidation sites excluding steroid dienone is 7. The lowest BCUT2D eigenvalue weighted by molar-refractivity contribution is -0.123. The van der Waals surface area contributed by atoms with Gasteiger partial charge in [-0.25, -0.2) is 4.57 Å². The van der Waals surface area contributed by atoms with Crippen molar-refractivity contribution in [3.05, 3.63) is 48.6 Å². The van der Waals surface area contributed by atoms with E-state index >= 15 is 0 Å². The minimum absolute atomic E-state index is 0.0727. The fourth-order valence-electron chi connectivity index (χ4n) is 6.59. The minimum Gasteiger partial charge on any atom is -0.387 e. The van der Waals surface area contributed by atoms with Crippen molar-refractivity contribution in [1.29, 1.82) is 0 Å². The van der Waals surface area contributed by atoms with Crippen LogP contribution in [-0.4, -0.2) is 47.8 Å². The zero-order chi connectivity index (χ0) is 41.1. The number of nitrogens with one attached hydrogen (secondary N) is 1. The van der Waals surface area contributed by atoms with Gasteiger partial charge >= 0.3 is 7.82 Å². The highest BCUT2D eigenvalue weighted by Crippen LogP contribution is 2.43. The summed E-state index contributed by atoms with van der Waals surface area (Å²) in [6, 6.07) is -0.878. The Kier molecular flexibility index (Phi) is 41.9. The van der Waals surface area contributed by atoms with Gasteiger partial charge in [0.25, 0.3) is 0 Å². The zero-order valence-electron chi connectivity index (χ0n) is 36.4. The molecule has 3 atom stereocenters. The molecule has 0 aromatic carbocycles. The van der Waals surface area contributed by atoms with Crippen LogP contribution in [0.3, 0.4) is 0 Å². The summed E-state index contributed by atoms with van der Waals surface area (Å²) in [6.45, 7) is 4.10. The molecule has 0 aliphatic heterocycles. The maximum absolute atomic E-state index is 12.8. The van der Waals surface area contributed by atoms with Crippen LogP contribution in [-0.2, 0) is 18.4 Å². The Bertz CT molecular complexity index is 1020. The van der Waals surface area contributed by atoms with Gasteiger partial charge in [0, 0.05) is 13.0 Å². The Morgan fingerprint density at radius 2 is 1.00 bits per heavy atom. The lowest BCUT2D eigenvalue weighted by atomic mass is 10.0. The van der Waals surface area contributed by atoms with E-state index in [1.807, 2.05) is 6.08 Å². The number of rotatable bonds is 43. The molecule has 5 N–H and O–H groups in total. The molecule has 0 aromatic heterocycles. The summed E-state index contributed by atoms with van der Waals surface area (Å²) in [4.78, 5) is 22.7. The quantitative estimate of drug-likeness (QED) is 0.0274. The van der Waals surface area contributed by atoms with Gasteiger partial charge in [-0.2, -0.15) is 0 Å². The van der Waals surface area contributed by atoms with Gasteiger partial charge in [-0.1, -0.05) is 191 Å². The average molecular weight is 809 g/mol.